The van der Waals surface area contributed by atoms with E-state index in [1.807, 2.05) is 18.3 Å². The van der Waals surface area contributed by atoms with Gasteiger partial charge in [0.25, 0.3) is 0 Å². The first kappa shape index (κ1) is 15.1. The van der Waals surface area contributed by atoms with Crippen LogP contribution in [0.3, 0.4) is 0 Å². The highest BCUT2D eigenvalue weighted by molar-refractivity contribution is 5.78. The molecule has 0 radical (unpaired) electrons. The molecule has 23 heavy (non-hydrogen) atoms. The van der Waals surface area contributed by atoms with Gasteiger partial charge in [-0.15, -0.1) is 0 Å². The summed E-state index contributed by atoms with van der Waals surface area (Å²) in [6, 6.07) is 6.46. The van der Waals surface area contributed by atoms with Crippen molar-refractivity contribution < 1.29 is 9.53 Å². The van der Waals surface area contributed by atoms with Crippen LogP contribution in [0.5, 0.6) is 0 Å². The molecule has 0 N–H and O–H groups in total. The highest BCUT2D eigenvalue weighted by Gasteiger charge is 2.45. The quantitative estimate of drug-likeness (QED) is 0.854. The third-order valence-corrected chi connectivity index (χ3v) is 5.52. The zero-order valence-corrected chi connectivity index (χ0v) is 13.6. The average Bonchev–Trinajstić information content (AvgIpc) is 3.15. The second-order valence-corrected chi connectivity index (χ2v) is 7.15. The molecule has 0 saturated carbocycles. The Morgan fingerprint density at radius 3 is 3.09 bits per heavy atom. The Kier molecular flexibility index (Phi) is 4.07. The van der Waals surface area contributed by atoms with Crippen LogP contribution in [0.15, 0.2) is 24.4 Å². The Morgan fingerprint density at radius 2 is 2.30 bits per heavy atom. The predicted octanol–water partition coefficient (Wildman–Crippen LogP) is 1.83. The average molecular weight is 315 g/mol. The van der Waals surface area contributed by atoms with Gasteiger partial charge in [-0.25, -0.2) is 0 Å². The van der Waals surface area contributed by atoms with Gasteiger partial charge in [0.1, 0.15) is 0 Å². The largest absolute Gasteiger partial charge is 0.373 e. The van der Waals surface area contributed by atoms with E-state index in [-0.39, 0.29) is 5.60 Å². The number of amides is 1. The highest BCUT2D eigenvalue weighted by atomic mass is 16.5. The van der Waals surface area contributed by atoms with Crippen LogP contribution in [0, 0.1) is 0 Å². The standard InChI is InChI=1S/C18H25N3O2/c22-17-5-3-9-21(17)16-6-11-23-18(12-16)7-10-20(14-18)13-15-4-1-2-8-19-15/h1-2,4,8,16H,3,5-7,9-14H2/t16-,18-/m1/s1. The fourth-order valence-corrected chi connectivity index (χ4v) is 4.39. The Morgan fingerprint density at radius 1 is 1.35 bits per heavy atom. The number of hydrogen-bond acceptors (Lipinski definition) is 4. The highest BCUT2D eigenvalue weighted by Crippen LogP contribution is 2.37. The van der Waals surface area contributed by atoms with E-state index in [1.165, 1.54) is 0 Å². The summed E-state index contributed by atoms with van der Waals surface area (Å²) >= 11 is 0. The number of likely N-dealkylation sites (tertiary alicyclic amines) is 2. The molecule has 1 aromatic heterocycles. The van der Waals surface area contributed by atoms with Gasteiger partial charge in [-0.2, -0.15) is 0 Å². The molecule has 4 heterocycles. The van der Waals surface area contributed by atoms with E-state index in [9.17, 15) is 4.79 Å². The van der Waals surface area contributed by atoms with Gasteiger partial charge in [-0.3, -0.25) is 14.7 Å². The summed E-state index contributed by atoms with van der Waals surface area (Å²) in [5, 5.41) is 0. The first-order valence-electron chi connectivity index (χ1n) is 8.80. The number of hydrogen-bond donors (Lipinski definition) is 0. The molecule has 3 saturated heterocycles. The summed E-state index contributed by atoms with van der Waals surface area (Å²) < 4.78 is 6.22. The van der Waals surface area contributed by atoms with Crippen molar-refractivity contribution in [2.75, 3.05) is 26.2 Å². The van der Waals surface area contributed by atoms with Crippen LogP contribution in [-0.4, -0.2) is 58.6 Å². The third-order valence-electron chi connectivity index (χ3n) is 5.52. The topological polar surface area (TPSA) is 45.7 Å². The maximum absolute atomic E-state index is 12.0. The van der Waals surface area contributed by atoms with Crippen LogP contribution < -0.4 is 0 Å². The van der Waals surface area contributed by atoms with Crippen LogP contribution >= 0.6 is 0 Å². The van der Waals surface area contributed by atoms with E-state index in [0.717, 1.165) is 70.6 Å². The fraction of sp³-hybridized carbons (Fsp3) is 0.667. The van der Waals surface area contributed by atoms with Gasteiger partial charge in [0, 0.05) is 51.4 Å². The number of carbonyl (C=O) groups is 1. The van der Waals surface area contributed by atoms with E-state index >= 15 is 0 Å². The molecule has 1 amide bonds. The van der Waals surface area contributed by atoms with Crippen LogP contribution in [0.4, 0.5) is 0 Å². The minimum Gasteiger partial charge on any atom is -0.373 e. The van der Waals surface area contributed by atoms with E-state index < -0.39 is 0 Å². The lowest BCUT2D eigenvalue weighted by atomic mass is 9.89. The summed E-state index contributed by atoms with van der Waals surface area (Å²) in [5.41, 5.74) is 1.06. The second-order valence-electron chi connectivity index (χ2n) is 7.15. The van der Waals surface area contributed by atoms with Gasteiger partial charge in [0.15, 0.2) is 0 Å². The zero-order chi connectivity index (χ0) is 15.7. The SMILES string of the molecule is O=C1CCCN1[C@@H]1CCO[C@]2(CCN(Cc3ccccn3)C2)C1. The van der Waals surface area contributed by atoms with Crippen molar-refractivity contribution in [2.45, 2.75) is 50.3 Å². The van der Waals surface area contributed by atoms with Crippen LogP contribution in [-0.2, 0) is 16.1 Å². The van der Waals surface area contributed by atoms with E-state index in [2.05, 4.69) is 20.9 Å². The second kappa shape index (κ2) is 6.21. The lowest BCUT2D eigenvalue weighted by molar-refractivity contribution is -0.137. The van der Waals surface area contributed by atoms with Gasteiger partial charge in [0.2, 0.25) is 5.91 Å². The molecule has 0 unspecified atom stereocenters. The molecule has 4 rings (SSSR count). The summed E-state index contributed by atoms with van der Waals surface area (Å²) in [7, 11) is 0. The molecule has 5 heteroatoms. The Hall–Kier alpha value is -1.46. The fourth-order valence-electron chi connectivity index (χ4n) is 4.39. The van der Waals surface area contributed by atoms with Crippen molar-refractivity contribution in [3.8, 4) is 0 Å². The summed E-state index contributed by atoms with van der Waals surface area (Å²) in [4.78, 5) is 21.0. The normalized spacial score (nSPS) is 32.1. The van der Waals surface area contributed by atoms with Gasteiger partial charge < -0.3 is 9.64 Å². The molecule has 0 bridgehead atoms. The smallest absolute Gasteiger partial charge is 0.222 e. The lowest BCUT2D eigenvalue weighted by Crippen LogP contribution is -2.50. The van der Waals surface area contributed by atoms with Crippen molar-refractivity contribution >= 4 is 5.91 Å². The first-order valence-corrected chi connectivity index (χ1v) is 8.80. The van der Waals surface area contributed by atoms with E-state index in [0.29, 0.717) is 11.9 Å². The maximum atomic E-state index is 12.0. The molecule has 2 atom stereocenters. The number of carbonyl (C=O) groups excluding carboxylic acids is 1. The van der Waals surface area contributed by atoms with Crippen LogP contribution in [0.2, 0.25) is 0 Å². The first-order chi connectivity index (χ1) is 11.2. The Balaban J connectivity index is 1.40. The van der Waals surface area contributed by atoms with Gasteiger partial charge >= 0.3 is 0 Å². The molecule has 3 aliphatic rings. The predicted molar refractivity (Wildman–Crippen MR) is 86.8 cm³/mol. The zero-order valence-electron chi connectivity index (χ0n) is 13.6. The van der Waals surface area contributed by atoms with E-state index in [1.54, 1.807) is 0 Å². The minimum absolute atomic E-state index is 0.0550. The minimum atomic E-state index is -0.0550. The van der Waals surface area contributed by atoms with Crippen molar-refractivity contribution in [2.24, 2.45) is 0 Å². The molecule has 1 spiro atoms. The van der Waals surface area contributed by atoms with Crippen LogP contribution in [0.25, 0.3) is 0 Å². The monoisotopic (exact) mass is 315 g/mol. The van der Waals surface area contributed by atoms with Crippen LogP contribution in [0.1, 0.15) is 37.8 Å². The van der Waals surface area contributed by atoms with Crippen molar-refractivity contribution in [1.82, 2.24) is 14.8 Å². The number of rotatable bonds is 3. The van der Waals surface area contributed by atoms with Crippen molar-refractivity contribution in [3.63, 3.8) is 0 Å². The maximum Gasteiger partial charge on any atom is 0.222 e. The van der Waals surface area contributed by atoms with E-state index in [4.69, 9.17) is 4.74 Å². The molecule has 124 valence electrons. The number of nitrogens with zero attached hydrogens (tertiary/aromatic N) is 3. The number of pyridine rings is 1. The third kappa shape index (κ3) is 3.12. The summed E-state index contributed by atoms with van der Waals surface area (Å²) in [5.74, 6) is 0.343. The molecule has 0 aromatic carbocycles. The Bertz CT molecular complexity index is 565. The molecule has 3 aliphatic heterocycles. The molecule has 0 aliphatic carbocycles. The van der Waals surface area contributed by atoms with Gasteiger partial charge in [-0.1, -0.05) is 6.07 Å². The molecular formula is C18H25N3O2. The van der Waals surface area contributed by atoms with Crippen molar-refractivity contribution in [1.29, 1.82) is 0 Å². The molecule has 3 fully saturated rings. The molecular weight excluding hydrogens is 290 g/mol. The van der Waals surface area contributed by atoms with Gasteiger partial charge in [0.05, 0.1) is 11.3 Å². The Labute approximate surface area is 137 Å². The lowest BCUT2D eigenvalue weighted by Gasteiger charge is -2.41. The summed E-state index contributed by atoms with van der Waals surface area (Å²) in [6.07, 6.45) is 6.67. The number of ether oxygens (including phenoxy) is 1. The molecule has 5 nitrogen and oxygen atoms in total. The van der Waals surface area contributed by atoms with Crippen molar-refractivity contribution in [3.05, 3.63) is 30.1 Å². The summed E-state index contributed by atoms with van der Waals surface area (Å²) in [6.45, 7) is 4.63. The molecule has 1 aromatic rings. The van der Waals surface area contributed by atoms with Gasteiger partial charge in [-0.05, 0) is 37.8 Å². The number of aromatic nitrogens is 1.